The molecule has 0 radical (unpaired) electrons. The highest BCUT2D eigenvalue weighted by molar-refractivity contribution is 6.76. The molecule has 4 aromatic carbocycles. The third-order valence-corrected chi connectivity index (χ3v) is 16.5. The zero-order chi connectivity index (χ0) is 54.3. The maximum absolute atomic E-state index is 13.7. The number of amides is 6. The van der Waals surface area contributed by atoms with Gasteiger partial charge in [0.25, 0.3) is 19.4 Å². The van der Waals surface area contributed by atoms with Gasteiger partial charge in [-0.15, -0.1) is 0 Å². The minimum atomic E-state index is -2.25. The molecular formula is C52H54Cl6N4O12. The van der Waals surface area contributed by atoms with Crippen LogP contribution in [0, 0.1) is 35.5 Å². The van der Waals surface area contributed by atoms with E-state index in [2.05, 4.69) is 10.6 Å². The summed E-state index contributed by atoms with van der Waals surface area (Å²) >= 11 is 34.6. The molecule has 4 aromatic rings. The number of nitrogens with zero attached hydrogens (tertiary/aromatic N) is 2. The number of halogens is 6. The lowest BCUT2D eigenvalue weighted by atomic mass is 9.56. The van der Waals surface area contributed by atoms with Crippen molar-refractivity contribution in [2.75, 3.05) is 24.0 Å². The summed E-state index contributed by atoms with van der Waals surface area (Å²) in [5.41, 5.74) is -5.65. The van der Waals surface area contributed by atoms with Crippen molar-refractivity contribution in [2.24, 2.45) is 35.5 Å². The first-order valence-electron chi connectivity index (χ1n) is 23.5. The van der Waals surface area contributed by atoms with E-state index in [1.807, 2.05) is 0 Å². The van der Waals surface area contributed by atoms with Crippen LogP contribution in [0.3, 0.4) is 0 Å². The normalized spacial score (nSPS) is 32.8. The Balaban J connectivity index is 0.000000203. The summed E-state index contributed by atoms with van der Waals surface area (Å²) in [7, 11) is 2.00. The summed E-state index contributed by atoms with van der Waals surface area (Å²) in [6.07, 6.45) is 0.298. The summed E-state index contributed by atoms with van der Waals surface area (Å²) in [4.78, 5) is 82.0. The molecule has 6 aliphatic rings. The van der Waals surface area contributed by atoms with Gasteiger partial charge in [-0.05, 0) is 73.9 Å². The second-order valence-corrected chi connectivity index (χ2v) is 23.5. The smallest absolute Gasteiger partial charge is 0.272 e. The molecule has 4 aliphatic carbocycles. The predicted molar refractivity (Wildman–Crippen MR) is 278 cm³/mol. The third kappa shape index (κ3) is 9.72. The van der Waals surface area contributed by atoms with E-state index < -0.39 is 113 Å². The van der Waals surface area contributed by atoms with Gasteiger partial charge in [0.05, 0.1) is 35.0 Å². The molecule has 2 heterocycles. The summed E-state index contributed by atoms with van der Waals surface area (Å²) < 4.78 is -4.51. The van der Waals surface area contributed by atoms with Crippen molar-refractivity contribution in [2.45, 2.75) is 80.6 Å². The largest absolute Gasteiger partial charge is 0.400 e. The Morgan fingerprint density at radius 3 is 1.05 bits per heavy atom. The molecule has 74 heavy (non-hydrogen) atoms. The molecule has 10 rings (SSSR count). The average molecular weight is 1140 g/mol. The number of aliphatic hydroxyl groups is 6. The van der Waals surface area contributed by atoms with Crippen molar-refractivity contribution in [3.8, 4) is 0 Å². The Morgan fingerprint density at radius 1 is 0.486 bits per heavy atom. The number of aliphatic hydroxyl groups excluding tert-OH is 2. The highest BCUT2D eigenvalue weighted by Crippen LogP contribution is 2.63. The zero-order valence-corrected chi connectivity index (χ0v) is 44.2. The van der Waals surface area contributed by atoms with Crippen LogP contribution in [0.1, 0.15) is 49.7 Å². The van der Waals surface area contributed by atoms with Gasteiger partial charge in [-0.3, -0.25) is 38.6 Å². The molecule has 6 fully saturated rings. The van der Waals surface area contributed by atoms with E-state index in [0.717, 1.165) is 24.0 Å². The van der Waals surface area contributed by atoms with Gasteiger partial charge in [0.15, 0.2) is 0 Å². The number of para-hydroxylation sites is 2. The van der Waals surface area contributed by atoms with Gasteiger partial charge in [0.2, 0.25) is 23.6 Å². The van der Waals surface area contributed by atoms with E-state index in [-0.39, 0.29) is 38.5 Å². The summed E-state index contributed by atoms with van der Waals surface area (Å²) in [6.45, 7) is 0. The Kier molecular flexibility index (Phi) is 17.0. The lowest BCUT2D eigenvalue weighted by Crippen LogP contribution is -2.65. The van der Waals surface area contributed by atoms with Crippen molar-refractivity contribution in [3.05, 3.63) is 132 Å². The molecule has 0 unspecified atom stereocenters. The number of rotatable bonds is 6. The molecule has 4 saturated carbocycles. The summed E-state index contributed by atoms with van der Waals surface area (Å²) in [5.74, 6) is -9.45. The lowest BCUT2D eigenvalue weighted by Gasteiger charge is -2.53. The number of carbonyl (C=O) groups excluding carboxylic acids is 6. The molecule has 16 nitrogen and oxygen atoms in total. The molecule has 0 aromatic heterocycles. The van der Waals surface area contributed by atoms with Gasteiger partial charge in [-0.25, -0.2) is 0 Å². The summed E-state index contributed by atoms with van der Waals surface area (Å²) in [5, 5.41) is 67.6. The first-order chi connectivity index (χ1) is 35.0. The van der Waals surface area contributed by atoms with Crippen LogP contribution in [0.15, 0.2) is 121 Å². The minimum Gasteiger partial charge on any atom is -0.400 e. The van der Waals surface area contributed by atoms with Crippen LogP contribution < -0.4 is 20.4 Å². The number of hydrogen-bond acceptors (Lipinski definition) is 12. The molecule has 8 N–H and O–H groups in total. The Labute approximate surface area is 456 Å². The Hall–Kier alpha value is -4.40. The van der Waals surface area contributed by atoms with Crippen molar-refractivity contribution in [1.82, 2.24) is 10.6 Å². The van der Waals surface area contributed by atoms with Crippen LogP contribution in [-0.2, 0) is 40.0 Å². The highest BCUT2D eigenvalue weighted by Gasteiger charge is 2.74. The second-order valence-electron chi connectivity index (χ2n) is 19.0. The van der Waals surface area contributed by atoms with Crippen LogP contribution in [0.2, 0.25) is 0 Å². The molecule has 6 amide bonds. The number of imide groups is 2. The number of carbonyl (C=O) groups is 6. The third-order valence-electron chi connectivity index (χ3n) is 15.5. The molecule has 22 heteroatoms. The number of benzene rings is 4. The first kappa shape index (κ1) is 57.3. The first-order valence-corrected chi connectivity index (χ1v) is 25.8. The minimum absolute atomic E-state index is 0.0733. The van der Waals surface area contributed by atoms with E-state index in [1.165, 1.54) is 0 Å². The lowest BCUT2D eigenvalue weighted by molar-refractivity contribution is -0.223. The quantitative estimate of drug-likeness (QED) is 0.0896. The van der Waals surface area contributed by atoms with Crippen LogP contribution in [0.5, 0.6) is 0 Å². The van der Waals surface area contributed by atoms with Crippen molar-refractivity contribution < 1.29 is 59.4 Å². The Bertz CT molecular complexity index is 2540. The van der Waals surface area contributed by atoms with Crippen LogP contribution in [-0.4, -0.2) is 111 Å². The molecular weight excluding hydrogens is 1090 g/mol. The fraction of sp³-hybridized carbons (Fsp3) is 0.423. The van der Waals surface area contributed by atoms with E-state index in [1.54, 1.807) is 121 Å². The SMILES string of the molecule is CO.CO.O=C1[C@@H]2[C@@H]3[C@H](NC(=O)C(Cl)(Cl)Cl)CC[C@]3(O)[C@](O)(c3ccccc3)C[C@@H]2C(=O)N1c1ccccc1.O=C1[C@@H]2[C@@H]3[C@H](NC(=O)C(Cl)(Cl)Cl)CC[C@]3(O)[C@](O)(c3ccccc3)C[C@@H]2C(=O)N1c1ccccc1. The standard InChI is InChI=1S/2C25H23Cl3N2O5.2CH4O/c2*26-25(27,28)22(33)29-17-11-12-23(34)19(17)18-16(13-24(23,35)14-7-3-1-4-8-14)20(31)30(21(18)32)15-9-5-2-6-10-15;2*1-2/h2*1-10,16-19,34-35H,11-13H2,(H,29,33);2*2H,1H3/t2*16-,17+,18-,19-,23+,24+;;/m00../s1. The average Bonchev–Trinajstić information content (AvgIpc) is 4.06. The van der Waals surface area contributed by atoms with Gasteiger partial charge in [0.1, 0.15) is 22.4 Å². The molecule has 12 atom stereocenters. The molecule has 0 bridgehead atoms. The highest BCUT2D eigenvalue weighted by atomic mass is 35.6. The summed E-state index contributed by atoms with van der Waals surface area (Å²) in [6, 6.07) is 32.6. The fourth-order valence-corrected chi connectivity index (χ4v) is 12.9. The fourth-order valence-electron chi connectivity index (χ4n) is 12.5. The van der Waals surface area contributed by atoms with E-state index in [4.69, 9.17) is 79.8 Å². The second kappa shape index (κ2) is 21.9. The van der Waals surface area contributed by atoms with Gasteiger partial charge >= 0.3 is 0 Å². The number of fused-ring (bicyclic) bond motifs is 6. The van der Waals surface area contributed by atoms with Gasteiger partial charge < -0.3 is 41.3 Å². The number of alkyl halides is 6. The number of nitrogens with one attached hydrogen (secondary N) is 2. The van der Waals surface area contributed by atoms with E-state index in [0.29, 0.717) is 22.5 Å². The molecule has 396 valence electrons. The van der Waals surface area contributed by atoms with Gasteiger partial charge in [0, 0.05) is 38.1 Å². The van der Waals surface area contributed by atoms with E-state index >= 15 is 0 Å². The number of hydrogen-bond donors (Lipinski definition) is 8. The maximum atomic E-state index is 13.7. The molecule has 2 aliphatic heterocycles. The topological polar surface area (TPSA) is 254 Å². The zero-order valence-electron chi connectivity index (χ0n) is 39.7. The van der Waals surface area contributed by atoms with E-state index in [9.17, 15) is 49.2 Å². The van der Waals surface area contributed by atoms with Crippen LogP contribution in [0.4, 0.5) is 11.4 Å². The van der Waals surface area contributed by atoms with Crippen LogP contribution >= 0.6 is 69.6 Å². The Morgan fingerprint density at radius 2 is 0.770 bits per heavy atom. The maximum Gasteiger partial charge on any atom is 0.272 e. The predicted octanol–water partition coefficient (Wildman–Crippen LogP) is 5.38. The number of anilines is 2. The molecule has 0 spiro atoms. The molecule has 2 saturated heterocycles. The monoisotopic (exact) mass is 1140 g/mol. The van der Waals surface area contributed by atoms with Crippen LogP contribution in [0.25, 0.3) is 0 Å². The van der Waals surface area contributed by atoms with Gasteiger partial charge in [-0.2, -0.15) is 0 Å². The van der Waals surface area contributed by atoms with Crippen molar-refractivity contribution in [3.63, 3.8) is 0 Å². The van der Waals surface area contributed by atoms with Crippen molar-refractivity contribution in [1.29, 1.82) is 0 Å². The van der Waals surface area contributed by atoms with Crippen molar-refractivity contribution >= 4 is 116 Å². The van der Waals surface area contributed by atoms with Gasteiger partial charge in [-0.1, -0.05) is 167 Å².